The van der Waals surface area contributed by atoms with Crippen LogP contribution in [-0.2, 0) is 4.79 Å². The highest BCUT2D eigenvalue weighted by Gasteiger charge is 2.22. The summed E-state index contributed by atoms with van der Waals surface area (Å²) in [5.41, 5.74) is 0.487. The number of nitrogens with one attached hydrogen (secondary N) is 1. The molecule has 0 spiro atoms. The van der Waals surface area contributed by atoms with E-state index in [4.69, 9.17) is 28.3 Å². The predicted octanol–water partition coefficient (Wildman–Crippen LogP) is 3.47. The summed E-state index contributed by atoms with van der Waals surface area (Å²) < 4.78 is 0. The minimum atomic E-state index is -0.869. The quantitative estimate of drug-likeness (QED) is 0.871. The Kier molecular flexibility index (Phi) is 5.38. The van der Waals surface area contributed by atoms with Crippen LogP contribution in [0.25, 0.3) is 0 Å². The van der Waals surface area contributed by atoms with E-state index in [-0.39, 0.29) is 28.2 Å². The van der Waals surface area contributed by atoms with E-state index in [0.29, 0.717) is 12.1 Å². The third-order valence-corrected chi connectivity index (χ3v) is 2.82. The lowest BCUT2D eigenvalue weighted by Gasteiger charge is -2.26. The Morgan fingerprint density at radius 3 is 2.58 bits per heavy atom. The molecule has 0 aliphatic carbocycles. The van der Waals surface area contributed by atoms with Crippen LogP contribution in [0.15, 0.2) is 6.07 Å². The van der Waals surface area contributed by atoms with Gasteiger partial charge in [0.05, 0.1) is 12.1 Å². The van der Waals surface area contributed by atoms with Gasteiger partial charge in [0, 0.05) is 12.1 Å². The number of carbonyl (C=O) groups is 1. The number of carboxylic acids is 1. The third-order valence-electron chi connectivity index (χ3n) is 2.36. The summed E-state index contributed by atoms with van der Waals surface area (Å²) in [6, 6.07) is 1.28. The standard InChI is InChI=1S/C12H17Cl2N3O2/c1-12(2,3)6-7(4-10(18)19)15-8-5-9(13)16-17-11(8)14/h5,7H,4,6H2,1-3H3,(H,15,16)(H,18,19). The van der Waals surface area contributed by atoms with Crippen LogP contribution < -0.4 is 5.32 Å². The van der Waals surface area contributed by atoms with Gasteiger partial charge < -0.3 is 10.4 Å². The molecule has 1 unspecified atom stereocenters. The van der Waals surface area contributed by atoms with Gasteiger partial charge in [-0.2, -0.15) is 0 Å². The Morgan fingerprint density at radius 1 is 1.42 bits per heavy atom. The molecule has 0 fully saturated rings. The van der Waals surface area contributed by atoms with E-state index >= 15 is 0 Å². The van der Waals surface area contributed by atoms with Gasteiger partial charge in [-0.1, -0.05) is 44.0 Å². The molecule has 19 heavy (non-hydrogen) atoms. The number of aliphatic carboxylic acids is 1. The second kappa shape index (κ2) is 6.39. The molecule has 7 heteroatoms. The van der Waals surface area contributed by atoms with Gasteiger partial charge in [0.2, 0.25) is 0 Å². The van der Waals surface area contributed by atoms with Gasteiger partial charge in [0.15, 0.2) is 10.3 Å². The number of rotatable bonds is 5. The molecule has 0 bridgehead atoms. The van der Waals surface area contributed by atoms with Crippen molar-refractivity contribution in [3.63, 3.8) is 0 Å². The number of carboxylic acid groups (broad SMARTS) is 1. The summed E-state index contributed by atoms with van der Waals surface area (Å²) in [5.74, 6) is -0.869. The smallest absolute Gasteiger partial charge is 0.305 e. The van der Waals surface area contributed by atoms with Crippen molar-refractivity contribution in [2.24, 2.45) is 5.41 Å². The SMILES string of the molecule is CC(C)(C)CC(CC(=O)O)Nc1cc(Cl)nnc1Cl. The maximum Gasteiger partial charge on any atom is 0.305 e. The maximum absolute atomic E-state index is 10.9. The molecule has 0 saturated carbocycles. The van der Waals surface area contributed by atoms with Crippen molar-refractivity contribution in [3.05, 3.63) is 16.4 Å². The largest absolute Gasteiger partial charge is 0.481 e. The molecule has 0 aromatic carbocycles. The van der Waals surface area contributed by atoms with E-state index in [1.54, 1.807) is 0 Å². The van der Waals surface area contributed by atoms with Crippen LogP contribution in [0.3, 0.4) is 0 Å². The molecule has 0 aliphatic rings. The fourth-order valence-electron chi connectivity index (χ4n) is 1.80. The molecule has 0 aliphatic heterocycles. The lowest BCUT2D eigenvalue weighted by molar-refractivity contribution is -0.137. The second-order valence-corrected chi connectivity index (χ2v) is 6.32. The van der Waals surface area contributed by atoms with Crippen molar-refractivity contribution in [2.75, 3.05) is 5.32 Å². The number of hydrogen-bond acceptors (Lipinski definition) is 4. The summed E-state index contributed by atoms with van der Waals surface area (Å²) in [6.45, 7) is 6.13. The number of halogens is 2. The van der Waals surface area contributed by atoms with Gasteiger partial charge in [-0.3, -0.25) is 4.79 Å². The Bertz CT molecular complexity index is 461. The summed E-state index contributed by atoms with van der Waals surface area (Å²) in [7, 11) is 0. The molecule has 5 nitrogen and oxygen atoms in total. The zero-order valence-electron chi connectivity index (χ0n) is 11.1. The zero-order chi connectivity index (χ0) is 14.6. The average molecular weight is 306 g/mol. The van der Waals surface area contributed by atoms with Crippen molar-refractivity contribution in [1.82, 2.24) is 10.2 Å². The van der Waals surface area contributed by atoms with Gasteiger partial charge in [0.1, 0.15) is 0 Å². The van der Waals surface area contributed by atoms with Crippen LogP contribution in [0.4, 0.5) is 5.69 Å². The monoisotopic (exact) mass is 305 g/mol. The van der Waals surface area contributed by atoms with Crippen molar-refractivity contribution in [1.29, 1.82) is 0 Å². The Balaban J connectivity index is 2.87. The molecule has 1 aromatic heterocycles. The molecule has 0 amide bonds. The number of aromatic nitrogens is 2. The fourth-order valence-corrected chi connectivity index (χ4v) is 2.09. The maximum atomic E-state index is 10.9. The summed E-state index contributed by atoms with van der Waals surface area (Å²) >= 11 is 11.7. The van der Waals surface area contributed by atoms with Crippen LogP contribution in [0.5, 0.6) is 0 Å². The number of anilines is 1. The van der Waals surface area contributed by atoms with E-state index in [0.717, 1.165) is 0 Å². The molecule has 106 valence electrons. The van der Waals surface area contributed by atoms with Gasteiger partial charge in [-0.15, -0.1) is 10.2 Å². The summed E-state index contributed by atoms with van der Waals surface area (Å²) in [6.07, 6.45) is 0.670. The lowest BCUT2D eigenvalue weighted by atomic mass is 9.87. The van der Waals surface area contributed by atoms with Gasteiger partial charge in [0.25, 0.3) is 0 Å². The number of nitrogens with zero attached hydrogens (tertiary/aromatic N) is 2. The van der Waals surface area contributed by atoms with Gasteiger partial charge >= 0.3 is 5.97 Å². The first-order valence-corrected chi connectivity index (χ1v) is 6.60. The first-order valence-electron chi connectivity index (χ1n) is 5.84. The minimum absolute atomic E-state index is 0.00641. The van der Waals surface area contributed by atoms with Crippen molar-refractivity contribution >= 4 is 34.9 Å². The van der Waals surface area contributed by atoms with Crippen LogP contribution in [0.1, 0.15) is 33.6 Å². The van der Waals surface area contributed by atoms with Gasteiger partial charge in [-0.05, 0) is 11.8 Å². The highest BCUT2D eigenvalue weighted by atomic mass is 35.5. The minimum Gasteiger partial charge on any atom is -0.481 e. The first-order chi connectivity index (χ1) is 8.67. The molecule has 1 heterocycles. The Hall–Kier alpha value is -1.07. The average Bonchev–Trinajstić information content (AvgIpc) is 2.20. The predicted molar refractivity (Wildman–Crippen MR) is 75.8 cm³/mol. The Labute approximate surface area is 122 Å². The lowest BCUT2D eigenvalue weighted by Crippen LogP contribution is -2.28. The highest BCUT2D eigenvalue weighted by molar-refractivity contribution is 6.33. The van der Waals surface area contributed by atoms with Crippen LogP contribution in [0, 0.1) is 5.41 Å². The number of hydrogen-bond donors (Lipinski definition) is 2. The van der Waals surface area contributed by atoms with E-state index in [2.05, 4.69) is 15.5 Å². The van der Waals surface area contributed by atoms with E-state index in [9.17, 15) is 4.79 Å². The summed E-state index contributed by atoms with van der Waals surface area (Å²) in [5, 5.41) is 19.7. The van der Waals surface area contributed by atoms with Crippen molar-refractivity contribution < 1.29 is 9.90 Å². The molecule has 1 aromatic rings. The van der Waals surface area contributed by atoms with Crippen molar-refractivity contribution in [3.8, 4) is 0 Å². The molecule has 0 saturated heterocycles. The molecular formula is C12H17Cl2N3O2. The van der Waals surface area contributed by atoms with Gasteiger partial charge in [-0.25, -0.2) is 0 Å². The molecule has 1 rings (SSSR count). The van der Waals surface area contributed by atoms with E-state index < -0.39 is 5.97 Å². The van der Waals surface area contributed by atoms with Crippen molar-refractivity contribution in [2.45, 2.75) is 39.7 Å². The van der Waals surface area contributed by atoms with Crippen LogP contribution in [-0.4, -0.2) is 27.3 Å². The molecule has 1 atom stereocenters. The highest BCUT2D eigenvalue weighted by Crippen LogP contribution is 2.27. The molecule has 2 N–H and O–H groups in total. The van der Waals surface area contributed by atoms with Crippen LogP contribution in [0.2, 0.25) is 10.3 Å². The fraction of sp³-hybridized carbons (Fsp3) is 0.583. The topological polar surface area (TPSA) is 75.1 Å². The zero-order valence-corrected chi connectivity index (χ0v) is 12.6. The van der Waals surface area contributed by atoms with Crippen LogP contribution >= 0.6 is 23.2 Å². The third kappa shape index (κ3) is 6.07. The molecular weight excluding hydrogens is 289 g/mol. The van der Waals surface area contributed by atoms with E-state index in [1.165, 1.54) is 6.07 Å². The van der Waals surface area contributed by atoms with E-state index in [1.807, 2.05) is 20.8 Å². The second-order valence-electron chi connectivity index (χ2n) is 5.58. The normalized spacial score (nSPS) is 13.1. The first kappa shape index (κ1) is 16.0. The molecule has 0 radical (unpaired) electrons. The Morgan fingerprint density at radius 2 is 2.05 bits per heavy atom. The summed E-state index contributed by atoms with van der Waals surface area (Å²) in [4.78, 5) is 10.9.